The standard InChI is InChI=1S/C12H15ClN4O2.2C11H10ClN5O2.C11H14ClN5O2.C7H10O3/c1-7-15-10(13)9-11(16-7)17(6-14-9)4-12(5-19)2-8(12)3-18;12-7-6-8(16-10(13)15-7)14-4-17(6)3-11-1-5(11)2-19-9(11)18;12-7-6-8(16-10(13)15-7)17(4-14-6)3-11-1-5(11)2-19-9(11)18;12-8-7-9(16-10(13)15-8)14-5-17(7)3-11(4-19)1-6(11)2-18;1-9-4-7-2-5(7)3-10-6(7)8/h6,8,18-19H,2-5H2,1H3;2*4-5H,1-3H2,(H2,13,15,16);5-6,18-19H,1-4H2,(H2,13,15,16);5H,2-4H2,1H3/t8?,12-;2*5?,11-;6?,11-;5?,7-/m01101/s1. The fraction of sp³-hybridized carbons (Fsp3) is 0.558. The Balaban J connectivity index is 0.000000107. The molecule has 86 heavy (non-hydrogen) atoms. The number of aryl methyl sites for hydroxylation is 1. The molecule has 8 aliphatic rings. The Bertz CT molecular complexity index is 4000. The van der Waals surface area contributed by atoms with Gasteiger partial charge in [0.05, 0.1) is 81.2 Å². The van der Waals surface area contributed by atoms with Crippen molar-refractivity contribution in [3.05, 3.63) is 51.7 Å². The number of aliphatic hydroxyl groups excluding tert-OH is 4. The van der Waals surface area contributed by atoms with Gasteiger partial charge in [0.1, 0.15) is 27.9 Å². The number of hydrogen-bond donors (Lipinski definition) is 7. The summed E-state index contributed by atoms with van der Waals surface area (Å²) in [5.41, 5.74) is 19.4. The summed E-state index contributed by atoms with van der Waals surface area (Å²) in [7, 11) is 1.62. The number of imidazole rings is 4. The second kappa shape index (κ2) is 22.3. The highest BCUT2D eigenvalue weighted by Gasteiger charge is 2.68. The van der Waals surface area contributed by atoms with Crippen LogP contribution in [0.15, 0.2) is 25.3 Å². The van der Waals surface area contributed by atoms with Gasteiger partial charge in [-0.3, -0.25) is 14.4 Å². The number of anilines is 3. The first-order chi connectivity index (χ1) is 41.2. The van der Waals surface area contributed by atoms with E-state index in [2.05, 4.69) is 59.8 Å². The van der Waals surface area contributed by atoms with Crippen LogP contribution in [0.4, 0.5) is 17.8 Å². The maximum atomic E-state index is 11.8. The second-order valence-electron chi connectivity index (χ2n) is 23.5. The van der Waals surface area contributed by atoms with E-state index < -0.39 is 10.8 Å². The molecule has 5 aliphatic carbocycles. The van der Waals surface area contributed by atoms with Gasteiger partial charge in [-0.25, -0.2) is 29.9 Å². The predicted molar refractivity (Wildman–Crippen MR) is 305 cm³/mol. The van der Waals surface area contributed by atoms with Crippen molar-refractivity contribution in [1.29, 1.82) is 0 Å². The Morgan fingerprint density at radius 1 is 0.523 bits per heavy atom. The van der Waals surface area contributed by atoms with Crippen molar-refractivity contribution in [3.63, 3.8) is 0 Å². The number of aromatic nitrogens is 16. The summed E-state index contributed by atoms with van der Waals surface area (Å²) in [6, 6.07) is 0. The lowest BCUT2D eigenvalue weighted by Crippen LogP contribution is -2.20. The van der Waals surface area contributed by atoms with Gasteiger partial charge in [0, 0.05) is 75.1 Å². The SMILES string of the molecule is COC[C@]12CC1COC2=O.Cc1nc(Cl)c2ncn(C[C@]3(CO)CC3CO)c2n1.Nc1nc(Cl)c2c(ncn2C[C@]2(CO)CC2CO)n1.Nc1nc(Cl)c2c(ncn2C[C@]23CC2COC3=O)n1.Nc1nc(Cl)c2ncn(C[C@]34CC3COC4=O)c2n1. The van der Waals surface area contributed by atoms with E-state index in [1.807, 2.05) is 13.7 Å². The highest BCUT2D eigenvalue weighted by molar-refractivity contribution is 6.34. The van der Waals surface area contributed by atoms with Gasteiger partial charge >= 0.3 is 17.9 Å². The average molecular weight is 1270 g/mol. The number of nitrogen functional groups attached to an aromatic ring is 3. The Labute approximate surface area is 507 Å². The van der Waals surface area contributed by atoms with E-state index in [4.69, 9.17) is 82.6 Å². The van der Waals surface area contributed by atoms with Crippen molar-refractivity contribution < 1.29 is 53.8 Å². The number of ether oxygens (including phenoxy) is 4. The van der Waals surface area contributed by atoms with Gasteiger partial charge in [0.2, 0.25) is 17.8 Å². The minimum absolute atomic E-state index is 0.0192. The van der Waals surface area contributed by atoms with Crippen LogP contribution in [-0.4, -0.2) is 176 Å². The van der Waals surface area contributed by atoms with Gasteiger partial charge in [0.25, 0.3) is 0 Å². The molecule has 0 amide bonds. The monoisotopic (exact) mass is 1270 g/mol. The van der Waals surface area contributed by atoms with E-state index in [1.54, 1.807) is 43.9 Å². The number of rotatable bonds is 14. The normalized spacial score (nSPS) is 29.0. The van der Waals surface area contributed by atoms with E-state index in [-0.39, 0.29) is 106 Å². The predicted octanol–water partition coefficient (Wildman–Crippen LogP) is 2.28. The molecule has 0 bridgehead atoms. The van der Waals surface area contributed by atoms with Crippen molar-refractivity contribution in [2.45, 2.75) is 65.2 Å². The quantitative estimate of drug-likeness (QED) is 0.0466. The summed E-state index contributed by atoms with van der Waals surface area (Å²) in [5.74, 6) is 1.88. The number of halogens is 4. The smallest absolute Gasteiger partial charge is 0.314 e. The maximum absolute atomic E-state index is 11.8. The first-order valence-corrected chi connectivity index (χ1v) is 28.9. The van der Waals surface area contributed by atoms with Crippen molar-refractivity contribution in [2.24, 2.45) is 56.7 Å². The Morgan fingerprint density at radius 2 is 0.919 bits per heavy atom. The molecule has 8 aromatic heterocycles. The topological polar surface area (TPSA) is 422 Å². The van der Waals surface area contributed by atoms with Gasteiger partial charge in [-0.1, -0.05) is 46.4 Å². The van der Waals surface area contributed by atoms with Crippen LogP contribution >= 0.6 is 46.4 Å². The number of carbonyl (C=O) groups excluding carboxylic acids is 3. The first-order valence-electron chi connectivity index (χ1n) is 27.4. The third kappa shape index (κ3) is 10.6. The number of nitrogens with zero attached hydrogens (tertiary/aromatic N) is 16. The van der Waals surface area contributed by atoms with Crippen LogP contribution < -0.4 is 17.2 Å². The van der Waals surface area contributed by atoms with E-state index in [9.17, 15) is 34.8 Å². The molecule has 0 aromatic carbocycles. The molecule has 3 saturated heterocycles. The number of nitrogens with two attached hydrogens (primary N) is 3. The summed E-state index contributed by atoms with van der Waals surface area (Å²) in [5, 5.41) is 38.5. The van der Waals surface area contributed by atoms with E-state index in [0.717, 1.165) is 32.1 Å². The number of aliphatic hydroxyl groups is 4. The van der Waals surface area contributed by atoms with E-state index >= 15 is 0 Å². The fourth-order valence-corrected chi connectivity index (χ4v) is 13.4. The van der Waals surface area contributed by atoms with Crippen LogP contribution in [0.5, 0.6) is 0 Å². The summed E-state index contributed by atoms with van der Waals surface area (Å²) < 4.78 is 27.2. The lowest BCUT2D eigenvalue weighted by Gasteiger charge is -2.15. The maximum Gasteiger partial charge on any atom is 0.314 e. The molecule has 5 unspecified atom stereocenters. The molecule has 8 aromatic rings. The third-order valence-electron chi connectivity index (χ3n) is 18.1. The molecule has 10 atom stereocenters. The molecule has 16 rings (SSSR count). The van der Waals surface area contributed by atoms with Crippen LogP contribution in [0.25, 0.3) is 44.7 Å². The fourth-order valence-electron chi connectivity index (χ4n) is 12.4. The Morgan fingerprint density at radius 3 is 1.35 bits per heavy atom. The average Bonchev–Trinajstić information content (AvgIpc) is 1.63. The van der Waals surface area contributed by atoms with Crippen LogP contribution in [0.1, 0.15) is 37.9 Å². The minimum Gasteiger partial charge on any atom is -0.465 e. The zero-order valence-corrected chi connectivity index (χ0v) is 49.3. The highest BCUT2D eigenvalue weighted by Crippen LogP contribution is 2.61. The molecular weight excluding hydrogens is 1210 g/mol. The van der Waals surface area contributed by atoms with Gasteiger partial charge in [0.15, 0.2) is 43.2 Å². The summed E-state index contributed by atoms with van der Waals surface area (Å²) >= 11 is 24.2. The first kappa shape index (κ1) is 59.3. The molecule has 5 saturated carbocycles. The Hall–Kier alpha value is -7.03. The third-order valence-corrected chi connectivity index (χ3v) is 19.1. The molecule has 8 fully saturated rings. The van der Waals surface area contributed by atoms with Crippen LogP contribution in [0.3, 0.4) is 0 Å². The van der Waals surface area contributed by atoms with Crippen molar-refractivity contribution in [2.75, 3.05) is 77.2 Å². The van der Waals surface area contributed by atoms with Crippen molar-refractivity contribution in [1.82, 2.24) is 78.1 Å². The number of carbonyl (C=O) groups is 3. The summed E-state index contributed by atoms with van der Waals surface area (Å²) in [6.45, 7) is 6.31. The van der Waals surface area contributed by atoms with Gasteiger partial charge in [-0.15, -0.1) is 0 Å². The molecule has 0 spiro atoms. The lowest BCUT2D eigenvalue weighted by molar-refractivity contribution is -0.147. The summed E-state index contributed by atoms with van der Waals surface area (Å²) in [4.78, 5) is 83.6. The van der Waals surface area contributed by atoms with Crippen LogP contribution in [0.2, 0.25) is 20.6 Å². The van der Waals surface area contributed by atoms with E-state index in [1.165, 1.54) is 0 Å². The van der Waals surface area contributed by atoms with Gasteiger partial charge in [-0.2, -0.15) is 29.9 Å². The van der Waals surface area contributed by atoms with E-state index in [0.29, 0.717) is 126 Å². The number of esters is 3. The molecule has 3 aliphatic heterocycles. The Kier molecular flexibility index (Phi) is 15.4. The zero-order valence-electron chi connectivity index (χ0n) is 46.3. The molecular formula is C52H59Cl4N19O11. The number of cyclic esters (lactones) is 3. The van der Waals surface area contributed by atoms with Crippen LogP contribution in [-0.2, 0) is 59.5 Å². The second-order valence-corrected chi connectivity index (χ2v) is 24.9. The van der Waals surface area contributed by atoms with Crippen molar-refractivity contribution >= 4 is 127 Å². The largest absolute Gasteiger partial charge is 0.465 e. The number of hydrogen-bond acceptors (Lipinski definition) is 26. The van der Waals surface area contributed by atoms with Crippen molar-refractivity contribution in [3.8, 4) is 0 Å². The zero-order chi connectivity index (χ0) is 60.8. The van der Waals surface area contributed by atoms with Gasteiger partial charge in [-0.05, 0) is 50.9 Å². The number of methoxy groups -OCH3 is 1. The molecule has 30 nitrogen and oxygen atoms in total. The summed E-state index contributed by atoms with van der Waals surface area (Å²) in [6.07, 6.45) is 10.8. The molecule has 456 valence electrons. The van der Waals surface area contributed by atoms with Crippen LogP contribution in [0, 0.1) is 63.6 Å². The highest BCUT2D eigenvalue weighted by atomic mass is 35.5. The molecule has 10 N–H and O–H groups in total. The minimum atomic E-state index is -0.404. The molecule has 34 heteroatoms. The lowest BCUT2D eigenvalue weighted by atomic mass is 10.1. The number of fused-ring (bicyclic) bond motifs is 7. The molecule has 11 heterocycles. The van der Waals surface area contributed by atoms with Gasteiger partial charge < -0.3 is 74.8 Å². The molecule has 0 radical (unpaired) electrons.